The minimum atomic E-state index is -4.24. The van der Waals surface area contributed by atoms with E-state index in [2.05, 4.69) is 51.1 Å². The van der Waals surface area contributed by atoms with E-state index in [0.717, 1.165) is 68.4 Å². The predicted octanol–water partition coefficient (Wildman–Crippen LogP) is 14.8. The van der Waals surface area contributed by atoms with E-state index in [-0.39, 0.29) is 48.9 Å². The third kappa shape index (κ3) is 9.98. The van der Waals surface area contributed by atoms with Crippen LogP contribution in [-0.2, 0) is 31.3 Å². The van der Waals surface area contributed by atoms with E-state index in [1.807, 2.05) is 84.1 Å². The Bertz CT molecular complexity index is 2100. The number of alkyl halides is 3. The van der Waals surface area contributed by atoms with Crippen LogP contribution < -0.4 is 0 Å². The van der Waals surface area contributed by atoms with Crippen LogP contribution in [0.25, 0.3) is 42.6 Å². The van der Waals surface area contributed by atoms with Crippen LogP contribution in [0.15, 0.2) is 78.7 Å². The standard InChI is InChI=1S/C32H29F3NS.C15H28O2.Ir/c1-19(2)27-17-24(16-23-8-6-7-9-26(23)27)28-30-25(14-15-36-28)20(3)29(37-30)22-12-10-21(11-13-22)18-31(4,5)32(33,34)35;1-7-14(5,8-2)12(16)11-13(17)15(6,9-3)10-4;/h6-15,17,19H,18H2,1-5H3;11,16H,7-10H2,1-6H3;/q-1;;/b;12-11-;. The van der Waals surface area contributed by atoms with Crippen LogP contribution in [0.5, 0.6) is 0 Å². The molecule has 0 fully saturated rings. The Balaban J connectivity index is 0.000000385. The van der Waals surface area contributed by atoms with Crippen molar-refractivity contribution in [2.45, 2.75) is 120 Å². The monoisotopic (exact) mass is 949 g/mol. The van der Waals surface area contributed by atoms with Gasteiger partial charge in [0.2, 0.25) is 0 Å². The maximum Gasteiger partial charge on any atom is 0.394 e. The second-order valence-corrected chi connectivity index (χ2v) is 17.1. The fourth-order valence-electron chi connectivity index (χ4n) is 6.55. The Hall–Kier alpha value is -3.32. The van der Waals surface area contributed by atoms with Crippen molar-refractivity contribution in [1.82, 2.24) is 4.98 Å². The molecule has 5 rings (SSSR count). The number of benzene rings is 3. The summed E-state index contributed by atoms with van der Waals surface area (Å²) in [6, 6.07) is 23.7. The molecule has 2 aromatic heterocycles. The van der Waals surface area contributed by atoms with E-state index in [1.54, 1.807) is 11.3 Å². The third-order valence-corrected chi connectivity index (χ3v) is 13.1. The molecule has 0 spiro atoms. The van der Waals surface area contributed by atoms with Crippen LogP contribution in [-0.4, -0.2) is 22.1 Å². The Morgan fingerprint density at radius 3 is 2.00 bits per heavy atom. The normalized spacial score (nSPS) is 12.8. The number of aliphatic hydroxyl groups is 1. The van der Waals surface area contributed by atoms with Gasteiger partial charge in [-0.1, -0.05) is 123 Å². The molecule has 0 aliphatic carbocycles. The van der Waals surface area contributed by atoms with Gasteiger partial charge < -0.3 is 5.11 Å². The molecule has 0 amide bonds. The molecule has 1 radical (unpaired) electrons. The summed E-state index contributed by atoms with van der Waals surface area (Å²) in [5.41, 5.74) is 3.62. The van der Waals surface area contributed by atoms with Crippen molar-refractivity contribution in [2.75, 3.05) is 0 Å². The minimum Gasteiger partial charge on any atom is -0.512 e. The van der Waals surface area contributed by atoms with Crippen LogP contribution >= 0.6 is 11.3 Å². The average Bonchev–Trinajstić information content (AvgIpc) is 3.49. The molecule has 55 heavy (non-hydrogen) atoms. The number of nitrogens with zero attached hydrogens (tertiary/aromatic N) is 1. The van der Waals surface area contributed by atoms with E-state index in [4.69, 9.17) is 4.98 Å². The van der Waals surface area contributed by atoms with Gasteiger partial charge in [-0.15, -0.1) is 40.5 Å². The number of pyridine rings is 1. The molecule has 5 aromatic rings. The Kier molecular flexibility index (Phi) is 15.3. The zero-order valence-corrected chi connectivity index (χ0v) is 37.4. The number of aryl methyl sites for hydroxylation is 1. The van der Waals surface area contributed by atoms with Gasteiger partial charge in [-0.05, 0) is 73.1 Å². The molecule has 1 N–H and O–H groups in total. The SMILES string of the molecule is CCC(C)(CC)C(=O)/C=C(\O)C(C)(CC)CC.Cc1c(-c2ccc(CC(C)(C)C(F)(F)F)cc2)sc2c(-c3[c-]c4ccccc4c(C(C)C)c3)nccc12.[Ir]. The molecule has 0 aliphatic rings. The molecule has 0 bridgehead atoms. The van der Waals surface area contributed by atoms with Crippen molar-refractivity contribution >= 4 is 38.0 Å². The van der Waals surface area contributed by atoms with Gasteiger partial charge in [0.05, 0.1) is 5.41 Å². The molecule has 0 saturated carbocycles. The smallest absolute Gasteiger partial charge is 0.394 e. The first kappa shape index (κ1) is 46.1. The van der Waals surface area contributed by atoms with Crippen LogP contribution in [0.1, 0.15) is 118 Å². The average molecular weight is 949 g/mol. The largest absolute Gasteiger partial charge is 0.512 e. The number of carbonyl (C=O) groups excluding carboxylic acids is 1. The topological polar surface area (TPSA) is 50.2 Å². The van der Waals surface area contributed by atoms with Crippen LogP contribution in [0, 0.1) is 29.2 Å². The maximum absolute atomic E-state index is 13.4. The van der Waals surface area contributed by atoms with Crippen molar-refractivity contribution in [2.24, 2.45) is 16.2 Å². The third-order valence-electron chi connectivity index (χ3n) is 11.8. The first-order valence-corrected chi connectivity index (χ1v) is 20.0. The van der Waals surface area contributed by atoms with Gasteiger partial charge in [-0.25, -0.2) is 0 Å². The van der Waals surface area contributed by atoms with Gasteiger partial charge in [-0.3, -0.25) is 9.78 Å². The predicted molar refractivity (Wildman–Crippen MR) is 222 cm³/mol. The fraction of sp³-hybridized carbons (Fsp3) is 0.447. The number of thiophene rings is 1. The zero-order valence-electron chi connectivity index (χ0n) is 34.2. The van der Waals surface area contributed by atoms with Crippen LogP contribution in [0.4, 0.5) is 13.2 Å². The number of ketones is 1. The summed E-state index contributed by atoms with van der Waals surface area (Å²) in [7, 11) is 0. The number of carbonyl (C=O) groups is 1. The van der Waals surface area contributed by atoms with E-state index in [0.29, 0.717) is 11.5 Å². The van der Waals surface area contributed by atoms with E-state index >= 15 is 0 Å². The number of allylic oxidation sites excluding steroid dienone is 2. The molecule has 3 nitrogen and oxygen atoms in total. The molecule has 8 heteroatoms. The quantitative estimate of drug-likeness (QED) is 0.0770. The summed E-state index contributed by atoms with van der Waals surface area (Å²) in [5.74, 6) is 0.646. The Morgan fingerprint density at radius 2 is 1.45 bits per heavy atom. The Labute approximate surface area is 344 Å². The van der Waals surface area contributed by atoms with Gasteiger partial charge in [0.25, 0.3) is 0 Å². The number of hydrogen-bond donors (Lipinski definition) is 1. The van der Waals surface area contributed by atoms with Gasteiger partial charge in [0.15, 0.2) is 5.78 Å². The fourth-order valence-corrected chi connectivity index (χ4v) is 7.86. The van der Waals surface area contributed by atoms with E-state index in [1.165, 1.54) is 30.9 Å². The summed E-state index contributed by atoms with van der Waals surface area (Å²) >= 11 is 1.68. The second kappa shape index (κ2) is 18.3. The first-order valence-electron chi connectivity index (χ1n) is 19.2. The number of hydrogen-bond acceptors (Lipinski definition) is 4. The summed E-state index contributed by atoms with van der Waals surface area (Å²) in [4.78, 5) is 18.1. The zero-order chi connectivity index (χ0) is 40.2. The molecule has 299 valence electrons. The molecule has 0 unspecified atom stereocenters. The molecule has 2 heterocycles. The van der Waals surface area contributed by atoms with Gasteiger partial charge in [-0.2, -0.15) is 13.2 Å². The van der Waals surface area contributed by atoms with Gasteiger partial charge in [0.1, 0.15) is 5.76 Å². The van der Waals surface area contributed by atoms with Crippen molar-refractivity contribution in [3.8, 4) is 21.7 Å². The number of aliphatic hydroxyl groups excluding tert-OH is 1. The summed E-state index contributed by atoms with van der Waals surface area (Å²) in [6.45, 7) is 21.1. The molecule has 0 saturated heterocycles. The first-order chi connectivity index (χ1) is 25.3. The van der Waals surface area contributed by atoms with Gasteiger partial charge in [0, 0.05) is 58.5 Å². The van der Waals surface area contributed by atoms with Crippen LogP contribution in [0.3, 0.4) is 0 Å². The molecular weight excluding hydrogens is 892 g/mol. The summed E-state index contributed by atoms with van der Waals surface area (Å²) in [6.07, 6.45) is 2.31. The van der Waals surface area contributed by atoms with Crippen molar-refractivity contribution in [3.05, 3.63) is 101 Å². The van der Waals surface area contributed by atoms with E-state index in [9.17, 15) is 23.1 Å². The number of rotatable bonds is 12. The number of halogens is 3. The number of fused-ring (bicyclic) bond motifs is 2. The molecular formula is C47H57F3IrNO2S-. The van der Waals surface area contributed by atoms with E-state index < -0.39 is 11.6 Å². The maximum atomic E-state index is 13.4. The number of aromatic nitrogens is 1. The van der Waals surface area contributed by atoms with Crippen molar-refractivity contribution < 1.29 is 43.2 Å². The summed E-state index contributed by atoms with van der Waals surface area (Å²) < 4.78 is 41.2. The van der Waals surface area contributed by atoms with Crippen LogP contribution in [0.2, 0.25) is 0 Å². The van der Waals surface area contributed by atoms with Crippen molar-refractivity contribution in [1.29, 1.82) is 0 Å². The Morgan fingerprint density at radius 1 is 0.873 bits per heavy atom. The molecule has 0 aliphatic heterocycles. The second-order valence-electron chi connectivity index (χ2n) is 16.1. The molecule has 0 atom stereocenters. The van der Waals surface area contributed by atoms with Gasteiger partial charge >= 0.3 is 6.18 Å². The summed E-state index contributed by atoms with van der Waals surface area (Å²) in [5, 5.41) is 13.6. The molecule has 3 aromatic carbocycles. The minimum absolute atomic E-state index is 0. The van der Waals surface area contributed by atoms with Crippen molar-refractivity contribution in [3.63, 3.8) is 0 Å².